The summed E-state index contributed by atoms with van der Waals surface area (Å²) in [5.74, 6) is -0.331. The molecule has 0 bridgehead atoms. The van der Waals surface area contributed by atoms with Crippen molar-refractivity contribution in [2.45, 2.75) is 13.5 Å². The lowest BCUT2D eigenvalue weighted by Crippen LogP contribution is -2.28. The number of carbonyl (C=O) groups excluding carboxylic acids is 3. The summed E-state index contributed by atoms with van der Waals surface area (Å²) in [6, 6.07) is 20.1. The smallest absolute Gasteiger partial charge is 0.308 e. The zero-order valence-corrected chi connectivity index (χ0v) is 18.0. The van der Waals surface area contributed by atoms with Crippen LogP contribution in [0.25, 0.3) is 0 Å². The van der Waals surface area contributed by atoms with Crippen molar-refractivity contribution in [3.8, 4) is 11.5 Å². The van der Waals surface area contributed by atoms with E-state index in [1.165, 1.54) is 13.0 Å². The minimum atomic E-state index is -0.469. The number of ether oxygens (including phenoxy) is 2. The van der Waals surface area contributed by atoms with Gasteiger partial charge < -0.3 is 20.1 Å². The van der Waals surface area contributed by atoms with E-state index in [-0.39, 0.29) is 30.7 Å². The molecule has 3 rings (SSSR count). The number of benzene rings is 3. The van der Waals surface area contributed by atoms with Crippen molar-refractivity contribution in [1.29, 1.82) is 0 Å². The van der Waals surface area contributed by atoms with Gasteiger partial charge >= 0.3 is 5.97 Å². The topological polar surface area (TPSA) is 93.7 Å². The fourth-order valence-corrected chi connectivity index (χ4v) is 2.91. The molecule has 8 heteroatoms. The van der Waals surface area contributed by atoms with Crippen LogP contribution in [0.1, 0.15) is 22.8 Å². The Morgan fingerprint density at radius 2 is 1.66 bits per heavy atom. The highest BCUT2D eigenvalue weighted by molar-refractivity contribution is 6.30. The Morgan fingerprint density at radius 1 is 0.906 bits per heavy atom. The minimum Gasteiger partial charge on any atom is -0.484 e. The van der Waals surface area contributed by atoms with E-state index in [9.17, 15) is 14.4 Å². The van der Waals surface area contributed by atoms with E-state index in [2.05, 4.69) is 10.6 Å². The fraction of sp³-hybridized carbons (Fsp3) is 0.125. The minimum absolute atomic E-state index is 0.154. The number of carbonyl (C=O) groups is 3. The van der Waals surface area contributed by atoms with Gasteiger partial charge in [0, 0.05) is 29.7 Å². The molecule has 3 aromatic carbocycles. The van der Waals surface area contributed by atoms with E-state index >= 15 is 0 Å². The predicted octanol–water partition coefficient (Wildman–Crippen LogP) is 4.21. The van der Waals surface area contributed by atoms with Gasteiger partial charge in [0.15, 0.2) is 6.61 Å². The van der Waals surface area contributed by atoms with E-state index < -0.39 is 5.97 Å². The van der Waals surface area contributed by atoms with Crippen LogP contribution in [0, 0.1) is 0 Å². The molecule has 0 aliphatic heterocycles. The molecule has 0 saturated carbocycles. The second-order valence-corrected chi connectivity index (χ2v) is 7.19. The number of rotatable bonds is 8. The second kappa shape index (κ2) is 11.0. The molecule has 0 saturated heterocycles. The van der Waals surface area contributed by atoms with Crippen molar-refractivity contribution in [2.24, 2.45) is 0 Å². The van der Waals surface area contributed by atoms with E-state index in [0.29, 0.717) is 22.0 Å². The first kappa shape index (κ1) is 22.8. The number of anilines is 1. The fourth-order valence-electron chi connectivity index (χ4n) is 2.78. The van der Waals surface area contributed by atoms with E-state index in [1.54, 1.807) is 60.7 Å². The number of para-hydroxylation sites is 1. The molecule has 0 unspecified atom stereocenters. The van der Waals surface area contributed by atoms with Crippen LogP contribution in [0.3, 0.4) is 0 Å². The first-order valence-electron chi connectivity index (χ1n) is 9.73. The van der Waals surface area contributed by atoms with Gasteiger partial charge in [0.1, 0.15) is 11.5 Å². The summed E-state index contributed by atoms with van der Waals surface area (Å²) in [6.07, 6.45) is 0. The van der Waals surface area contributed by atoms with Crippen LogP contribution in [0.5, 0.6) is 11.5 Å². The lowest BCUT2D eigenvalue weighted by molar-refractivity contribution is -0.131. The molecule has 0 heterocycles. The van der Waals surface area contributed by atoms with Gasteiger partial charge in [-0.15, -0.1) is 0 Å². The molecule has 0 aliphatic carbocycles. The molecule has 7 nitrogen and oxygen atoms in total. The number of nitrogens with one attached hydrogen (secondary N) is 2. The molecule has 0 atom stereocenters. The van der Waals surface area contributed by atoms with Crippen LogP contribution in [-0.2, 0) is 16.1 Å². The Labute approximate surface area is 190 Å². The monoisotopic (exact) mass is 452 g/mol. The van der Waals surface area contributed by atoms with E-state index in [0.717, 1.165) is 5.56 Å². The molecule has 164 valence electrons. The Hall–Kier alpha value is -3.84. The highest BCUT2D eigenvalue weighted by Gasteiger charge is 2.12. The van der Waals surface area contributed by atoms with Crippen molar-refractivity contribution in [2.75, 3.05) is 11.9 Å². The normalized spacial score (nSPS) is 10.2. The molecule has 0 radical (unpaired) electrons. The van der Waals surface area contributed by atoms with Crippen LogP contribution >= 0.6 is 11.6 Å². The van der Waals surface area contributed by atoms with Gasteiger partial charge in [0.25, 0.3) is 11.8 Å². The van der Waals surface area contributed by atoms with Gasteiger partial charge in [-0.2, -0.15) is 0 Å². The molecule has 2 amide bonds. The molecular formula is C24H21ClN2O5. The van der Waals surface area contributed by atoms with Gasteiger partial charge in [-0.3, -0.25) is 14.4 Å². The Kier molecular flexibility index (Phi) is 7.83. The molecular weight excluding hydrogens is 432 g/mol. The van der Waals surface area contributed by atoms with E-state index in [4.69, 9.17) is 21.1 Å². The maximum atomic E-state index is 12.7. The number of halogens is 1. The van der Waals surface area contributed by atoms with Gasteiger partial charge in [-0.05, 0) is 54.1 Å². The zero-order chi connectivity index (χ0) is 22.9. The van der Waals surface area contributed by atoms with Crippen molar-refractivity contribution in [3.05, 3.63) is 88.9 Å². The maximum Gasteiger partial charge on any atom is 0.308 e. The van der Waals surface area contributed by atoms with Crippen molar-refractivity contribution >= 4 is 35.1 Å². The summed E-state index contributed by atoms with van der Waals surface area (Å²) in [6.45, 7) is 1.34. The summed E-state index contributed by atoms with van der Waals surface area (Å²) in [4.78, 5) is 35.9. The quantitative estimate of drug-likeness (QED) is 0.394. The predicted molar refractivity (Wildman–Crippen MR) is 121 cm³/mol. The summed E-state index contributed by atoms with van der Waals surface area (Å²) < 4.78 is 10.4. The number of hydrogen-bond acceptors (Lipinski definition) is 5. The van der Waals surface area contributed by atoms with Gasteiger partial charge in [0.05, 0.1) is 0 Å². The van der Waals surface area contributed by atoms with Crippen LogP contribution in [0.2, 0.25) is 5.02 Å². The third-order valence-electron chi connectivity index (χ3n) is 4.28. The second-order valence-electron chi connectivity index (χ2n) is 6.75. The standard InChI is InChI=1S/C24H21ClN2O5/c1-16(28)32-21-7-4-6-17(13-21)24(30)27-22-8-3-2-5-18(22)14-26-23(29)15-31-20-11-9-19(25)10-12-20/h2-13H,14-15H2,1H3,(H,26,29)(H,27,30). The average molecular weight is 453 g/mol. The number of amides is 2. The van der Waals surface area contributed by atoms with Crippen molar-refractivity contribution in [1.82, 2.24) is 5.32 Å². The highest BCUT2D eigenvalue weighted by atomic mass is 35.5. The lowest BCUT2D eigenvalue weighted by atomic mass is 10.1. The molecule has 0 spiro atoms. The molecule has 0 aromatic heterocycles. The summed E-state index contributed by atoms with van der Waals surface area (Å²) in [5, 5.41) is 6.17. The highest BCUT2D eigenvalue weighted by Crippen LogP contribution is 2.19. The van der Waals surface area contributed by atoms with Crippen LogP contribution in [-0.4, -0.2) is 24.4 Å². The van der Waals surface area contributed by atoms with Gasteiger partial charge in [-0.25, -0.2) is 0 Å². The first-order valence-corrected chi connectivity index (χ1v) is 10.1. The summed E-state index contributed by atoms with van der Waals surface area (Å²) >= 11 is 5.82. The summed E-state index contributed by atoms with van der Waals surface area (Å²) in [5.41, 5.74) is 1.60. The third-order valence-corrected chi connectivity index (χ3v) is 4.53. The number of esters is 1. The molecule has 32 heavy (non-hydrogen) atoms. The summed E-state index contributed by atoms with van der Waals surface area (Å²) in [7, 11) is 0. The van der Waals surface area contributed by atoms with Gasteiger partial charge in [0.2, 0.25) is 0 Å². The largest absolute Gasteiger partial charge is 0.484 e. The Balaban J connectivity index is 1.58. The first-order chi connectivity index (χ1) is 15.4. The molecule has 0 aliphatic rings. The molecule has 0 fully saturated rings. The Bertz CT molecular complexity index is 1120. The van der Waals surface area contributed by atoms with Crippen molar-refractivity contribution in [3.63, 3.8) is 0 Å². The SMILES string of the molecule is CC(=O)Oc1cccc(C(=O)Nc2ccccc2CNC(=O)COc2ccc(Cl)cc2)c1. The van der Waals surface area contributed by atoms with Crippen LogP contribution in [0.4, 0.5) is 5.69 Å². The number of hydrogen-bond donors (Lipinski definition) is 2. The van der Waals surface area contributed by atoms with Gasteiger partial charge in [-0.1, -0.05) is 35.9 Å². The average Bonchev–Trinajstić information content (AvgIpc) is 2.78. The molecule has 2 N–H and O–H groups in total. The van der Waals surface area contributed by atoms with Crippen LogP contribution in [0.15, 0.2) is 72.8 Å². The van der Waals surface area contributed by atoms with Crippen LogP contribution < -0.4 is 20.1 Å². The zero-order valence-electron chi connectivity index (χ0n) is 17.3. The van der Waals surface area contributed by atoms with E-state index in [1.807, 2.05) is 6.07 Å². The third kappa shape index (κ3) is 6.85. The maximum absolute atomic E-state index is 12.7. The molecule has 3 aromatic rings. The lowest BCUT2D eigenvalue weighted by Gasteiger charge is -2.13. The Morgan fingerprint density at radius 3 is 2.41 bits per heavy atom. The van der Waals surface area contributed by atoms with Crippen molar-refractivity contribution < 1.29 is 23.9 Å².